The molecule has 17 heavy (non-hydrogen) atoms. The summed E-state index contributed by atoms with van der Waals surface area (Å²) in [5, 5.41) is 3.47. The quantitative estimate of drug-likeness (QED) is 0.565. The van der Waals surface area contributed by atoms with Crippen LogP contribution in [0.4, 0.5) is 0 Å². The third-order valence-electron chi connectivity index (χ3n) is 3.16. The van der Waals surface area contributed by atoms with Crippen LogP contribution in [0.25, 0.3) is 0 Å². The highest BCUT2D eigenvalue weighted by Crippen LogP contribution is 2.04. The minimum atomic E-state index is 0.357. The second kappa shape index (κ2) is 11.0. The van der Waals surface area contributed by atoms with E-state index >= 15 is 0 Å². The van der Waals surface area contributed by atoms with Crippen LogP contribution in [0.1, 0.15) is 47.0 Å². The molecular formula is C14H32N2O. The Morgan fingerprint density at radius 2 is 1.76 bits per heavy atom. The van der Waals surface area contributed by atoms with Gasteiger partial charge in [0.05, 0.1) is 6.10 Å². The van der Waals surface area contributed by atoms with E-state index in [0.29, 0.717) is 6.10 Å². The Bertz CT molecular complexity index is 158. The number of hydrogen-bond donors (Lipinski definition) is 1. The fourth-order valence-electron chi connectivity index (χ4n) is 1.99. The predicted molar refractivity (Wildman–Crippen MR) is 75.6 cm³/mol. The summed E-state index contributed by atoms with van der Waals surface area (Å²) < 4.78 is 5.49. The van der Waals surface area contributed by atoms with Gasteiger partial charge in [0, 0.05) is 25.7 Å². The normalized spacial score (nSPS) is 12.0. The van der Waals surface area contributed by atoms with Crippen molar-refractivity contribution in [2.24, 2.45) is 0 Å². The van der Waals surface area contributed by atoms with Crippen LogP contribution < -0.4 is 5.32 Å². The SMILES string of the molecule is CCC(CC)N(C)CCNCCCOC(C)C. The van der Waals surface area contributed by atoms with Gasteiger partial charge in [-0.15, -0.1) is 0 Å². The maximum Gasteiger partial charge on any atom is 0.0518 e. The summed E-state index contributed by atoms with van der Waals surface area (Å²) in [6.45, 7) is 12.8. The summed E-state index contributed by atoms with van der Waals surface area (Å²) in [6.07, 6.45) is 3.95. The van der Waals surface area contributed by atoms with Crippen LogP contribution in [0, 0.1) is 0 Å². The molecule has 0 radical (unpaired) electrons. The molecule has 1 N–H and O–H groups in total. The molecule has 0 bridgehead atoms. The van der Waals surface area contributed by atoms with Crippen LogP contribution in [-0.4, -0.2) is 50.3 Å². The number of rotatable bonds is 11. The van der Waals surface area contributed by atoms with Gasteiger partial charge in [0.25, 0.3) is 0 Å². The molecule has 0 atom stereocenters. The first-order valence-corrected chi connectivity index (χ1v) is 7.14. The molecule has 0 aromatic carbocycles. The molecule has 0 unspecified atom stereocenters. The Balaban J connectivity index is 3.33. The van der Waals surface area contributed by atoms with E-state index in [1.165, 1.54) is 12.8 Å². The van der Waals surface area contributed by atoms with Gasteiger partial charge in [0.1, 0.15) is 0 Å². The lowest BCUT2D eigenvalue weighted by molar-refractivity contribution is 0.0770. The molecule has 0 aromatic rings. The van der Waals surface area contributed by atoms with E-state index in [4.69, 9.17) is 4.74 Å². The van der Waals surface area contributed by atoms with Crippen LogP contribution in [0.5, 0.6) is 0 Å². The lowest BCUT2D eigenvalue weighted by atomic mass is 10.1. The fourth-order valence-corrected chi connectivity index (χ4v) is 1.99. The van der Waals surface area contributed by atoms with Gasteiger partial charge in [-0.25, -0.2) is 0 Å². The third kappa shape index (κ3) is 9.57. The number of ether oxygens (including phenoxy) is 1. The van der Waals surface area contributed by atoms with Gasteiger partial charge >= 0.3 is 0 Å². The first-order valence-electron chi connectivity index (χ1n) is 7.14. The second-order valence-electron chi connectivity index (χ2n) is 4.97. The first-order chi connectivity index (χ1) is 8.11. The number of nitrogens with zero attached hydrogens (tertiary/aromatic N) is 1. The lowest BCUT2D eigenvalue weighted by Crippen LogP contribution is -2.36. The summed E-state index contributed by atoms with van der Waals surface area (Å²) in [5.41, 5.74) is 0. The number of nitrogens with one attached hydrogen (secondary N) is 1. The summed E-state index contributed by atoms with van der Waals surface area (Å²) in [7, 11) is 2.22. The van der Waals surface area contributed by atoms with Crippen LogP contribution in [0.2, 0.25) is 0 Å². The van der Waals surface area contributed by atoms with Gasteiger partial charge < -0.3 is 15.0 Å². The standard InChI is InChI=1S/C14H32N2O/c1-6-14(7-2)16(5)11-10-15-9-8-12-17-13(3)4/h13-15H,6-12H2,1-5H3. The molecule has 0 fully saturated rings. The van der Waals surface area contributed by atoms with Crippen molar-refractivity contribution in [1.82, 2.24) is 10.2 Å². The van der Waals surface area contributed by atoms with Gasteiger partial charge in [-0.1, -0.05) is 13.8 Å². The average Bonchev–Trinajstić information content (AvgIpc) is 2.29. The number of hydrogen-bond acceptors (Lipinski definition) is 3. The van der Waals surface area contributed by atoms with Crippen molar-refractivity contribution in [3.63, 3.8) is 0 Å². The maximum absolute atomic E-state index is 5.49. The maximum atomic E-state index is 5.49. The topological polar surface area (TPSA) is 24.5 Å². The van der Waals surface area contributed by atoms with E-state index in [9.17, 15) is 0 Å². The van der Waals surface area contributed by atoms with E-state index in [-0.39, 0.29) is 0 Å². The van der Waals surface area contributed by atoms with E-state index in [2.05, 4.69) is 45.0 Å². The first kappa shape index (κ1) is 16.9. The second-order valence-corrected chi connectivity index (χ2v) is 4.97. The molecular weight excluding hydrogens is 212 g/mol. The molecule has 0 aliphatic rings. The Labute approximate surface area is 108 Å². The smallest absolute Gasteiger partial charge is 0.0518 e. The highest BCUT2D eigenvalue weighted by atomic mass is 16.5. The zero-order chi connectivity index (χ0) is 13.1. The molecule has 0 saturated carbocycles. The highest BCUT2D eigenvalue weighted by molar-refractivity contribution is 4.65. The summed E-state index contributed by atoms with van der Waals surface area (Å²) >= 11 is 0. The molecule has 104 valence electrons. The third-order valence-corrected chi connectivity index (χ3v) is 3.16. The molecule has 3 heteroatoms. The molecule has 0 saturated heterocycles. The van der Waals surface area contributed by atoms with Crippen molar-refractivity contribution in [3.8, 4) is 0 Å². The van der Waals surface area contributed by atoms with Gasteiger partial charge in [-0.2, -0.15) is 0 Å². The molecule has 0 rings (SSSR count). The van der Waals surface area contributed by atoms with Crippen LogP contribution in [0.3, 0.4) is 0 Å². The van der Waals surface area contributed by atoms with Gasteiger partial charge in [0.2, 0.25) is 0 Å². The molecule has 0 amide bonds. The van der Waals surface area contributed by atoms with Crippen molar-refractivity contribution in [2.45, 2.75) is 59.1 Å². The molecule has 0 aliphatic carbocycles. The van der Waals surface area contributed by atoms with Crippen molar-refractivity contribution >= 4 is 0 Å². The van der Waals surface area contributed by atoms with E-state index in [1.54, 1.807) is 0 Å². The zero-order valence-corrected chi connectivity index (χ0v) is 12.5. The Hall–Kier alpha value is -0.120. The van der Waals surface area contributed by atoms with E-state index < -0.39 is 0 Å². The summed E-state index contributed by atoms with van der Waals surface area (Å²) in [6, 6.07) is 0.737. The van der Waals surface area contributed by atoms with E-state index in [1.807, 2.05) is 0 Å². The average molecular weight is 244 g/mol. The largest absolute Gasteiger partial charge is 0.379 e. The van der Waals surface area contributed by atoms with Gasteiger partial charge in [0.15, 0.2) is 0 Å². The minimum absolute atomic E-state index is 0.357. The van der Waals surface area contributed by atoms with Gasteiger partial charge in [-0.05, 0) is 46.7 Å². The lowest BCUT2D eigenvalue weighted by Gasteiger charge is -2.26. The van der Waals surface area contributed by atoms with Crippen molar-refractivity contribution in [3.05, 3.63) is 0 Å². The van der Waals surface area contributed by atoms with Crippen LogP contribution >= 0.6 is 0 Å². The molecule has 3 nitrogen and oxygen atoms in total. The van der Waals surface area contributed by atoms with Crippen molar-refractivity contribution < 1.29 is 4.74 Å². The molecule has 0 aliphatic heterocycles. The minimum Gasteiger partial charge on any atom is -0.379 e. The molecule has 0 aromatic heterocycles. The Morgan fingerprint density at radius 3 is 2.29 bits per heavy atom. The van der Waals surface area contributed by atoms with Gasteiger partial charge in [-0.3, -0.25) is 0 Å². The molecule has 0 spiro atoms. The number of likely N-dealkylation sites (N-methyl/N-ethyl adjacent to an activating group) is 1. The zero-order valence-electron chi connectivity index (χ0n) is 12.5. The monoisotopic (exact) mass is 244 g/mol. The Morgan fingerprint density at radius 1 is 1.12 bits per heavy atom. The van der Waals surface area contributed by atoms with Crippen LogP contribution in [0.15, 0.2) is 0 Å². The van der Waals surface area contributed by atoms with Crippen LogP contribution in [-0.2, 0) is 4.74 Å². The highest BCUT2D eigenvalue weighted by Gasteiger charge is 2.08. The summed E-state index contributed by atoms with van der Waals surface area (Å²) in [5.74, 6) is 0. The fraction of sp³-hybridized carbons (Fsp3) is 1.00. The summed E-state index contributed by atoms with van der Waals surface area (Å²) in [4.78, 5) is 2.46. The van der Waals surface area contributed by atoms with E-state index in [0.717, 1.165) is 38.7 Å². The Kier molecular flexibility index (Phi) is 10.9. The van der Waals surface area contributed by atoms with Crippen molar-refractivity contribution in [2.75, 3.05) is 33.3 Å². The predicted octanol–water partition coefficient (Wildman–Crippen LogP) is 2.51. The molecule has 0 heterocycles. The van der Waals surface area contributed by atoms with Crippen molar-refractivity contribution in [1.29, 1.82) is 0 Å².